The van der Waals surface area contributed by atoms with Gasteiger partial charge in [0, 0.05) is 19.6 Å². The van der Waals surface area contributed by atoms with Crippen LogP contribution in [0.15, 0.2) is 12.1 Å². The van der Waals surface area contributed by atoms with Gasteiger partial charge in [-0.05, 0) is 42.4 Å². The van der Waals surface area contributed by atoms with Crippen LogP contribution >= 0.6 is 23.2 Å². The molecule has 3 rings (SSSR count). The van der Waals surface area contributed by atoms with Crippen molar-refractivity contribution in [1.29, 1.82) is 0 Å². The maximum Gasteiger partial charge on any atom is 0.0693 e. The first kappa shape index (κ1) is 12.6. The number of hydrogen-bond acceptors (Lipinski definition) is 2. The predicted molar refractivity (Wildman–Crippen MR) is 77.0 cm³/mol. The molecule has 2 atom stereocenters. The molecule has 1 aliphatic carbocycles. The number of nitrogens with two attached hydrogens (primary N) is 1. The van der Waals surface area contributed by atoms with E-state index in [0.717, 1.165) is 18.4 Å². The standard InChI is InChI=1S/C14H18Cl2N2/c15-12-4-9(5-13(16)14(12)17)6-18-7-10-2-1-3-11(10)8-18/h4-5,10-11H,1-3,6-8,17H2. The van der Waals surface area contributed by atoms with Crippen LogP contribution in [0.1, 0.15) is 24.8 Å². The summed E-state index contributed by atoms with van der Waals surface area (Å²) >= 11 is 12.1. The summed E-state index contributed by atoms with van der Waals surface area (Å²) in [6.45, 7) is 3.39. The average molecular weight is 285 g/mol. The molecule has 0 bridgehead atoms. The molecular formula is C14H18Cl2N2. The minimum absolute atomic E-state index is 0.486. The zero-order chi connectivity index (χ0) is 12.7. The lowest BCUT2D eigenvalue weighted by molar-refractivity contribution is 0.303. The average Bonchev–Trinajstić information content (AvgIpc) is 2.86. The SMILES string of the molecule is Nc1c(Cl)cc(CN2CC3CCCC3C2)cc1Cl. The third-order valence-electron chi connectivity index (χ3n) is 4.35. The molecule has 1 saturated heterocycles. The van der Waals surface area contributed by atoms with E-state index in [-0.39, 0.29) is 0 Å². The molecule has 0 amide bonds. The van der Waals surface area contributed by atoms with Crippen molar-refractivity contribution in [3.63, 3.8) is 0 Å². The maximum absolute atomic E-state index is 6.07. The van der Waals surface area contributed by atoms with Crippen LogP contribution in [0.4, 0.5) is 5.69 Å². The summed E-state index contributed by atoms with van der Waals surface area (Å²) in [5.74, 6) is 1.84. The van der Waals surface area contributed by atoms with Crippen LogP contribution in [-0.2, 0) is 6.54 Å². The van der Waals surface area contributed by atoms with Crippen LogP contribution in [0.3, 0.4) is 0 Å². The van der Waals surface area contributed by atoms with Crippen LogP contribution in [0, 0.1) is 11.8 Å². The van der Waals surface area contributed by atoms with Gasteiger partial charge in [0.1, 0.15) is 0 Å². The molecule has 0 spiro atoms. The summed E-state index contributed by atoms with van der Waals surface area (Å²) in [4.78, 5) is 2.52. The van der Waals surface area contributed by atoms with Crippen molar-refractivity contribution in [2.24, 2.45) is 11.8 Å². The van der Waals surface area contributed by atoms with Crippen LogP contribution in [-0.4, -0.2) is 18.0 Å². The molecule has 1 aromatic carbocycles. The quantitative estimate of drug-likeness (QED) is 0.837. The smallest absolute Gasteiger partial charge is 0.0693 e. The first-order valence-corrected chi connectivity index (χ1v) is 7.35. The van der Waals surface area contributed by atoms with Gasteiger partial charge >= 0.3 is 0 Å². The molecule has 1 saturated carbocycles. The van der Waals surface area contributed by atoms with Gasteiger partial charge in [-0.2, -0.15) is 0 Å². The minimum atomic E-state index is 0.486. The molecule has 1 aliphatic heterocycles. The first-order valence-electron chi connectivity index (χ1n) is 6.59. The van der Waals surface area contributed by atoms with Crippen LogP contribution in [0.2, 0.25) is 10.0 Å². The van der Waals surface area contributed by atoms with Crippen molar-refractivity contribution in [2.75, 3.05) is 18.8 Å². The zero-order valence-electron chi connectivity index (χ0n) is 10.3. The third kappa shape index (κ3) is 2.34. The molecule has 2 N–H and O–H groups in total. The Morgan fingerprint density at radius 2 is 1.67 bits per heavy atom. The fourth-order valence-electron chi connectivity index (χ4n) is 3.45. The number of nitrogen functional groups attached to an aromatic ring is 1. The van der Waals surface area contributed by atoms with Gasteiger partial charge in [-0.25, -0.2) is 0 Å². The summed E-state index contributed by atoms with van der Waals surface area (Å²) in [6.07, 6.45) is 4.23. The fraction of sp³-hybridized carbons (Fsp3) is 0.571. The minimum Gasteiger partial charge on any atom is -0.396 e. The summed E-state index contributed by atoms with van der Waals surface area (Å²) < 4.78 is 0. The Kier molecular flexibility index (Phi) is 3.44. The van der Waals surface area contributed by atoms with Crippen LogP contribution in [0.5, 0.6) is 0 Å². The number of fused-ring (bicyclic) bond motifs is 1. The van der Waals surface area contributed by atoms with E-state index >= 15 is 0 Å². The highest BCUT2D eigenvalue weighted by atomic mass is 35.5. The Hall–Kier alpha value is -0.440. The molecule has 4 heteroatoms. The van der Waals surface area contributed by atoms with Gasteiger partial charge in [-0.1, -0.05) is 29.6 Å². The van der Waals surface area contributed by atoms with Crippen molar-refractivity contribution >= 4 is 28.9 Å². The van der Waals surface area contributed by atoms with E-state index in [1.54, 1.807) is 0 Å². The van der Waals surface area contributed by atoms with Gasteiger partial charge in [0.25, 0.3) is 0 Å². The molecule has 2 unspecified atom stereocenters. The number of halogens is 2. The van der Waals surface area contributed by atoms with Crippen molar-refractivity contribution in [2.45, 2.75) is 25.8 Å². The number of nitrogens with zero attached hydrogens (tertiary/aromatic N) is 1. The largest absolute Gasteiger partial charge is 0.396 e. The second-order valence-electron chi connectivity index (χ2n) is 5.62. The topological polar surface area (TPSA) is 29.3 Å². The van der Waals surface area contributed by atoms with Gasteiger partial charge in [-0.3, -0.25) is 4.90 Å². The van der Waals surface area contributed by atoms with E-state index in [4.69, 9.17) is 28.9 Å². The van der Waals surface area contributed by atoms with E-state index in [0.29, 0.717) is 15.7 Å². The molecule has 1 heterocycles. The normalized spacial score (nSPS) is 27.7. The predicted octanol–water partition coefficient (Wildman–Crippen LogP) is 3.81. The lowest BCUT2D eigenvalue weighted by Gasteiger charge is -2.17. The molecule has 2 fully saturated rings. The molecule has 2 aliphatic rings. The Balaban J connectivity index is 1.70. The summed E-state index contributed by atoms with van der Waals surface area (Å²) in [5.41, 5.74) is 7.41. The molecular weight excluding hydrogens is 267 g/mol. The van der Waals surface area contributed by atoms with Gasteiger partial charge in [-0.15, -0.1) is 0 Å². The van der Waals surface area contributed by atoms with Crippen molar-refractivity contribution in [3.05, 3.63) is 27.7 Å². The molecule has 2 nitrogen and oxygen atoms in total. The van der Waals surface area contributed by atoms with Gasteiger partial charge in [0.2, 0.25) is 0 Å². The number of likely N-dealkylation sites (tertiary alicyclic amines) is 1. The summed E-state index contributed by atoms with van der Waals surface area (Å²) in [5, 5.41) is 1.13. The highest BCUT2D eigenvalue weighted by Gasteiger charge is 2.35. The second-order valence-corrected chi connectivity index (χ2v) is 6.43. The second kappa shape index (κ2) is 4.92. The Labute approximate surface area is 118 Å². The van der Waals surface area contributed by atoms with Gasteiger partial charge in [0.15, 0.2) is 0 Å². The van der Waals surface area contributed by atoms with Crippen molar-refractivity contribution < 1.29 is 0 Å². The fourth-order valence-corrected chi connectivity index (χ4v) is 3.98. The van der Waals surface area contributed by atoms with E-state index < -0.39 is 0 Å². The van der Waals surface area contributed by atoms with Gasteiger partial charge < -0.3 is 5.73 Å². The Morgan fingerprint density at radius 1 is 1.11 bits per heavy atom. The summed E-state index contributed by atoms with van der Waals surface area (Å²) in [7, 11) is 0. The summed E-state index contributed by atoms with van der Waals surface area (Å²) in [6, 6.07) is 3.88. The zero-order valence-corrected chi connectivity index (χ0v) is 11.8. The molecule has 1 aromatic rings. The van der Waals surface area contributed by atoms with E-state index in [9.17, 15) is 0 Å². The third-order valence-corrected chi connectivity index (χ3v) is 4.97. The maximum atomic E-state index is 6.07. The number of rotatable bonds is 2. The monoisotopic (exact) mass is 284 g/mol. The number of hydrogen-bond donors (Lipinski definition) is 1. The lowest BCUT2D eigenvalue weighted by atomic mass is 10.0. The van der Waals surface area contributed by atoms with Crippen molar-refractivity contribution in [3.8, 4) is 0 Å². The highest BCUT2D eigenvalue weighted by molar-refractivity contribution is 6.38. The molecule has 18 heavy (non-hydrogen) atoms. The molecule has 0 radical (unpaired) electrons. The Morgan fingerprint density at radius 3 is 2.22 bits per heavy atom. The Bertz CT molecular complexity index is 426. The molecule has 0 aromatic heterocycles. The lowest BCUT2D eigenvalue weighted by Crippen LogP contribution is -2.21. The molecule has 98 valence electrons. The van der Waals surface area contributed by atoms with E-state index in [1.807, 2.05) is 12.1 Å². The van der Waals surface area contributed by atoms with Crippen LogP contribution < -0.4 is 5.73 Å². The van der Waals surface area contributed by atoms with E-state index in [2.05, 4.69) is 4.90 Å². The van der Waals surface area contributed by atoms with Crippen LogP contribution in [0.25, 0.3) is 0 Å². The van der Waals surface area contributed by atoms with E-state index in [1.165, 1.54) is 37.9 Å². The number of anilines is 1. The highest BCUT2D eigenvalue weighted by Crippen LogP contribution is 2.38. The van der Waals surface area contributed by atoms with Crippen molar-refractivity contribution in [1.82, 2.24) is 4.90 Å². The van der Waals surface area contributed by atoms with Gasteiger partial charge in [0.05, 0.1) is 15.7 Å². The number of benzene rings is 1. The first-order chi connectivity index (χ1) is 8.63.